The number of rotatable bonds is 6. The van der Waals surface area contributed by atoms with E-state index in [1.807, 2.05) is 0 Å². The summed E-state index contributed by atoms with van der Waals surface area (Å²) in [4.78, 5) is 2.63. The van der Waals surface area contributed by atoms with Gasteiger partial charge in [-0.25, -0.2) is 0 Å². The van der Waals surface area contributed by atoms with Crippen molar-refractivity contribution in [2.24, 2.45) is 0 Å². The lowest BCUT2D eigenvalue weighted by Gasteiger charge is -2.33. The largest absolute Gasteiger partial charge is 0.313 e. The number of likely N-dealkylation sites (N-methyl/N-ethyl adjacent to an activating group) is 1. The van der Waals surface area contributed by atoms with Crippen LogP contribution in [-0.2, 0) is 0 Å². The van der Waals surface area contributed by atoms with Crippen molar-refractivity contribution in [3.8, 4) is 0 Å². The van der Waals surface area contributed by atoms with Crippen molar-refractivity contribution in [1.82, 2.24) is 10.2 Å². The molecule has 1 heterocycles. The third kappa shape index (κ3) is 4.52. The van der Waals surface area contributed by atoms with Crippen molar-refractivity contribution in [3.63, 3.8) is 0 Å². The Labute approximate surface area is 95.4 Å². The second kappa shape index (κ2) is 7.24. The van der Waals surface area contributed by atoms with Gasteiger partial charge in [0.05, 0.1) is 0 Å². The molecule has 90 valence electrons. The first kappa shape index (κ1) is 13.0. The van der Waals surface area contributed by atoms with E-state index in [1.54, 1.807) is 0 Å². The molecule has 1 rings (SSSR count). The van der Waals surface area contributed by atoms with Gasteiger partial charge in [0.2, 0.25) is 0 Å². The molecule has 2 nitrogen and oxygen atoms in total. The van der Waals surface area contributed by atoms with Crippen LogP contribution in [0, 0.1) is 0 Å². The fourth-order valence-electron chi connectivity index (χ4n) is 2.58. The van der Waals surface area contributed by atoms with Crippen molar-refractivity contribution in [3.05, 3.63) is 0 Å². The Morgan fingerprint density at radius 3 is 2.67 bits per heavy atom. The van der Waals surface area contributed by atoms with Gasteiger partial charge in [0.15, 0.2) is 0 Å². The van der Waals surface area contributed by atoms with Gasteiger partial charge in [-0.05, 0) is 39.3 Å². The predicted molar refractivity (Wildman–Crippen MR) is 67.3 cm³/mol. The summed E-state index contributed by atoms with van der Waals surface area (Å²) in [7, 11) is 0. The maximum absolute atomic E-state index is 3.64. The Kier molecular flexibility index (Phi) is 6.26. The lowest BCUT2D eigenvalue weighted by atomic mass is 10.0. The molecule has 1 saturated heterocycles. The van der Waals surface area contributed by atoms with Crippen LogP contribution in [0.3, 0.4) is 0 Å². The average Bonchev–Trinajstić information content (AvgIpc) is 2.27. The highest BCUT2D eigenvalue weighted by Gasteiger charge is 2.18. The maximum atomic E-state index is 3.64. The van der Waals surface area contributed by atoms with Crippen molar-refractivity contribution < 1.29 is 0 Å². The fourth-order valence-corrected chi connectivity index (χ4v) is 2.58. The summed E-state index contributed by atoms with van der Waals surface area (Å²) < 4.78 is 0. The van der Waals surface area contributed by atoms with Gasteiger partial charge in [0, 0.05) is 18.6 Å². The minimum Gasteiger partial charge on any atom is -0.313 e. The van der Waals surface area contributed by atoms with Gasteiger partial charge in [-0.3, -0.25) is 4.90 Å². The molecule has 2 atom stereocenters. The molecule has 0 aromatic heterocycles. The molecule has 0 spiro atoms. The monoisotopic (exact) mass is 212 g/mol. The van der Waals surface area contributed by atoms with E-state index < -0.39 is 0 Å². The first-order valence-electron chi connectivity index (χ1n) is 6.75. The maximum Gasteiger partial charge on any atom is 0.0195 e. The topological polar surface area (TPSA) is 15.3 Å². The highest BCUT2D eigenvalue weighted by atomic mass is 15.2. The molecule has 2 heteroatoms. The molecule has 1 fully saturated rings. The van der Waals surface area contributed by atoms with Gasteiger partial charge in [-0.2, -0.15) is 0 Å². The smallest absolute Gasteiger partial charge is 0.0195 e. The van der Waals surface area contributed by atoms with Crippen LogP contribution in [0.25, 0.3) is 0 Å². The zero-order chi connectivity index (χ0) is 11.1. The van der Waals surface area contributed by atoms with Gasteiger partial charge < -0.3 is 5.32 Å². The summed E-state index contributed by atoms with van der Waals surface area (Å²) in [5.41, 5.74) is 0. The van der Waals surface area contributed by atoms with Crippen LogP contribution in [0.15, 0.2) is 0 Å². The van der Waals surface area contributed by atoms with E-state index in [9.17, 15) is 0 Å². The number of hydrogen-bond acceptors (Lipinski definition) is 2. The van der Waals surface area contributed by atoms with E-state index in [-0.39, 0.29) is 0 Å². The van der Waals surface area contributed by atoms with Crippen LogP contribution < -0.4 is 5.32 Å². The molecule has 15 heavy (non-hydrogen) atoms. The van der Waals surface area contributed by atoms with Gasteiger partial charge in [0.1, 0.15) is 0 Å². The van der Waals surface area contributed by atoms with Crippen molar-refractivity contribution in [2.75, 3.05) is 19.6 Å². The van der Waals surface area contributed by atoms with Crippen LogP contribution in [0.1, 0.15) is 52.9 Å². The highest BCUT2D eigenvalue weighted by Crippen LogP contribution is 2.12. The second-order valence-electron chi connectivity index (χ2n) is 4.87. The molecule has 0 bridgehead atoms. The van der Waals surface area contributed by atoms with E-state index in [1.165, 1.54) is 51.7 Å². The Balaban J connectivity index is 2.30. The number of nitrogens with zero attached hydrogens (tertiary/aromatic N) is 1. The van der Waals surface area contributed by atoms with E-state index >= 15 is 0 Å². The second-order valence-corrected chi connectivity index (χ2v) is 4.87. The van der Waals surface area contributed by atoms with Crippen LogP contribution >= 0.6 is 0 Å². The Morgan fingerprint density at radius 1 is 1.33 bits per heavy atom. The first-order valence-corrected chi connectivity index (χ1v) is 6.75. The molecular formula is C13H28N2. The van der Waals surface area contributed by atoms with Crippen molar-refractivity contribution in [1.29, 1.82) is 0 Å². The third-order valence-electron chi connectivity index (χ3n) is 3.60. The molecule has 0 aromatic rings. The third-order valence-corrected chi connectivity index (χ3v) is 3.60. The van der Waals surface area contributed by atoms with E-state index in [2.05, 4.69) is 31.0 Å². The quantitative estimate of drug-likeness (QED) is 0.728. The standard InChI is InChI=1S/C13H28N2/c1-4-8-12(3)15(5-2)11-13-9-6-7-10-14-13/h12-14H,4-11H2,1-3H3. The van der Waals surface area contributed by atoms with Crippen LogP contribution in [-0.4, -0.2) is 36.6 Å². The molecule has 1 aliphatic rings. The molecular weight excluding hydrogens is 184 g/mol. The normalized spacial score (nSPS) is 24.4. The molecule has 0 saturated carbocycles. The minimum atomic E-state index is 0.748. The van der Waals surface area contributed by atoms with Gasteiger partial charge in [-0.15, -0.1) is 0 Å². The number of nitrogens with one attached hydrogen (secondary N) is 1. The molecule has 0 amide bonds. The van der Waals surface area contributed by atoms with Crippen LogP contribution in [0.2, 0.25) is 0 Å². The van der Waals surface area contributed by atoms with Gasteiger partial charge >= 0.3 is 0 Å². The summed E-state index contributed by atoms with van der Waals surface area (Å²) in [5, 5.41) is 3.64. The van der Waals surface area contributed by atoms with E-state index in [0.717, 1.165) is 12.1 Å². The first-order chi connectivity index (χ1) is 7.27. The lowest BCUT2D eigenvalue weighted by molar-refractivity contribution is 0.176. The summed E-state index contributed by atoms with van der Waals surface area (Å²) in [5.74, 6) is 0. The summed E-state index contributed by atoms with van der Waals surface area (Å²) in [6.07, 6.45) is 6.79. The molecule has 0 aromatic carbocycles. The van der Waals surface area contributed by atoms with Crippen molar-refractivity contribution >= 4 is 0 Å². The number of hydrogen-bond donors (Lipinski definition) is 1. The van der Waals surface area contributed by atoms with Crippen molar-refractivity contribution in [2.45, 2.75) is 65.0 Å². The molecule has 1 aliphatic heterocycles. The Morgan fingerprint density at radius 2 is 2.13 bits per heavy atom. The number of piperidine rings is 1. The Bertz CT molecular complexity index is 153. The summed E-state index contributed by atoms with van der Waals surface area (Å²) in [6.45, 7) is 10.6. The lowest BCUT2D eigenvalue weighted by Crippen LogP contribution is -2.46. The molecule has 2 unspecified atom stereocenters. The summed E-state index contributed by atoms with van der Waals surface area (Å²) in [6, 6.07) is 1.50. The summed E-state index contributed by atoms with van der Waals surface area (Å²) >= 11 is 0. The zero-order valence-electron chi connectivity index (χ0n) is 10.8. The zero-order valence-corrected chi connectivity index (χ0v) is 10.8. The highest BCUT2D eigenvalue weighted by molar-refractivity contribution is 4.78. The van der Waals surface area contributed by atoms with Crippen LogP contribution in [0.5, 0.6) is 0 Å². The van der Waals surface area contributed by atoms with E-state index in [0.29, 0.717) is 0 Å². The van der Waals surface area contributed by atoms with Gasteiger partial charge in [0.25, 0.3) is 0 Å². The molecule has 0 aliphatic carbocycles. The SMILES string of the molecule is CCCC(C)N(CC)CC1CCCCN1. The van der Waals surface area contributed by atoms with E-state index in [4.69, 9.17) is 0 Å². The predicted octanol–water partition coefficient (Wildman–Crippen LogP) is 2.64. The Hall–Kier alpha value is -0.0800. The average molecular weight is 212 g/mol. The minimum absolute atomic E-state index is 0.748. The molecule has 0 radical (unpaired) electrons. The molecule has 1 N–H and O–H groups in total. The van der Waals surface area contributed by atoms with Gasteiger partial charge in [-0.1, -0.05) is 26.7 Å². The van der Waals surface area contributed by atoms with Crippen LogP contribution in [0.4, 0.5) is 0 Å². The fraction of sp³-hybridized carbons (Fsp3) is 1.00.